The number of aromatic nitrogens is 1. The van der Waals surface area contributed by atoms with Gasteiger partial charge in [0.1, 0.15) is 23.0 Å². The summed E-state index contributed by atoms with van der Waals surface area (Å²) in [5.41, 5.74) is 1.59. The van der Waals surface area contributed by atoms with Gasteiger partial charge in [0, 0.05) is 36.6 Å². The molecule has 0 saturated carbocycles. The molecule has 3 aliphatic heterocycles. The molecule has 1 aromatic heterocycles. The second kappa shape index (κ2) is 9.90. The lowest BCUT2D eigenvalue weighted by molar-refractivity contribution is -0.131. The highest BCUT2D eigenvalue weighted by Crippen LogP contribution is 2.30. The van der Waals surface area contributed by atoms with Crippen molar-refractivity contribution in [3.05, 3.63) is 40.5 Å². The van der Waals surface area contributed by atoms with Gasteiger partial charge in [-0.05, 0) is 43.7 Å². The third kappa shape index (κ3) is 4.85. The molecular weight excluding hydrogens is 431 g/mol. The van der Waals surface area contributed by atoms with Crippen molar-refractivity contribution in [1.29, 1.82) is 0 Å². The van der Waals surface area contributed by atoms with E-state index in [4.69, 9.17) is 9.72 Å². The maximum absolute atomic E-state index is 13.3. The molecule has 3 unspecified atom stereocenters. The molecule has 3 fully saturated rings. The zero-order valence-electron chi connectivity index (χ0n) is 17.9. The molecule has 0 spiro atoms. The quantitative estimate of drug-likeness (QED) is 0.530. The summed E-state index contributed by atoms with van der Waals surface area (Å²) in [7, 11) is 0. The second-order valence-corrected chi connectivity index (χ2v) is 9.36. The van der Waals surface area contributed by atoms with Gasteiger partial charge in [0.25, 0.3) is 0 Å². The van der Waals surface area contributed by atoms with E-state index in [1.807, 2.05) is 5.38 Å². The summed E-state index contributed by atoms with van der Waals surface area (Å²) in [5.74, 6) is -0.769. The number of nitrogens with one attached hydrogen (secondary N) is 4. The Hall–Kier alpha value is -1.95. The van der Waals surface area contributed by atoms with Crippen LogP contribution in [0.25, 0.3) is 11.3 Å². The van der Waals surface area contributed by atoms with Gasteiger partial charge < -0.3 is 15.4 Å². The fourth-order valence-electron chi connectivity index (χ4n) is 4.55. The van der Waals surface area contributed by atoms with Gasteiger partial charge in [0.05, 0.1) is 25.1 Å². The minimum Gasteiger partial charge on any atom is -0.379 e. The van der Waals surface area contributed by atoms with E-state index < -0.39 is 5.92 Å². The Balaban J connectivity index is 1.38. The van der Waals surface area contributed by atoms with E-state index >= 15 is 0 Å². The van der Waals surface area contributed by atoms with E-state index in [0.29, 0.717) is 13.2 Å². The number of amides is 1. The third-order valence-electron chi connectivity index (χ3n) is 6.28. The number of hydrogen-bond donors (Lipinski definition) is 4. The van der Waals surface area contributed by atoms with E-state index in [1.54, 1.807) is 12.1 Å². The van der Waals surface area contributed by atoms with Gasteiger partial charge in [-0.25, -0.2) is 9.37 Å². The van der Waals surface area contributed by atoms with Gasteiger partial charge in [-0.3, -0.25) is 20.3 Å². The van der Waals surface area contributed by atoms with E-state index in [9.17, 15) is 9.18 Å². The molecule has 0 radical (unpaired) electrons. The molecule has 3 aliphatic rings. The van der Waals surface area contributed by atoms with Crippen LogP contribution in [0.15, 0.2) is 29.6 Å². The Morgan fingerprint density at radius 3 is 2.78 bits per heavy atom. The summed E-state index contributed by atoms with van der Waals surface area (Å²) >= 11 is 1.47. The lowest BCUT2D eigenvalue weighted by Gasteiger charge is -2.44. The SMILES string of the molecule is O=C1NC(N2CCOCC2)NC(N[C@@H]2CCCNC2)C1c1nc(-c2ccc(F)cc2)cs1. The molecule has 0 aliphatic carbocycles. The van der Waals surface area contributed by atoms with Crippen LogP contribution in [-0.2, 0) is 9.53 Å². The maximum atomic E-state index is 13.3. The van der Waals surface area contributed by atoms with Gasteiger partial charge in [-0.15, -0.1) is 11.3 Å². The second-order valence-electron chi connectivity index (χ2n) is 8.47. The number of halogens is 1. The summed E-state index contributed by atoms with van der Waals surface area (Å²) in [6, 6.07) is 6.57. The van der Waals surface area contributed by atoms with Gasteiger partial charge in [0.15, 0.2) is 0 Å². The van der Waals surface area contributed by atoms with Crippen LogP contribution in [0.2, 0.25) is 0 Å². The number of carbonyl (C=O) groups is 1. The van der Waals surface area contributed by atoms with Gasteiger partial charge in [0.2, 0.25) is 5.91 Å². The Morgan fingerprint density at radius 1 is 1.22 bits per heavy atom. The average Bonchev–Trinajstić information content (AvgIpc) is 3.30. The van der Waals surface area contributed by atoms with Crippen molar-refractivity contribution in [2.45, 2.75) is 37.3 Å². The standard InChI is InChI=1S/C22H29FN6O2S/c23-15-5-3-14(4-6-15)17-13-32-21(26-17)18-19(25-16-2-1-7-24-12-16)27-22(28-20(18)30)29-8-10-31-11-9-29/h3-6,13,16,18-19,22,24-25,27H,1-2,7-12H2,(H,28,30)/t16-,18?,19?,22?/m1/s1. The summed E-state index contributed by atoms with van der Waals surface area (Å²) in [6.07, 6.45) is 1.70. The first-order chi connectivity index (χ1) is 15.7. The zero-order valence-corrected chi connectivity index (χ0v) is 18.7. The molecule has 3 saturated heterocycles. The van der Waals surface area contributed by atoms with Crippen molar-refractivity contribution in [3.63, 3.8) is 0 Å². The van der Waals surface area contributed by atoms with Crippen molar-refractivity contribution in [3.8, 4) is 11.3 Å². The molecule has 1 aromatic carbocycles. The lowest BCUT2D eigenvalue weighted by atomic mass is 10.00. The van der Waals surface area contributed by atoms with Crippen LogP contribution >= 0.6 is 11.3 Å². The normalized spacial score (nSPS) is 29.6. The van der Waals surface area contributed by atoms with Crippen LogP contribution in [0, 0.1) is 5.82 Å². The predicted molar refractivity (Wildman–Crippen MR) is 121 cm³/mol. The number of ether oxygens (including phenoxy) is 1. The van der Waals surface area contributed by atoms with Crippen LogP contribution in [-0.4, -0.2) is 73.7 Å². The molecule has 4 N–H and O–H groups in total. The molecule has 172 valence electrons. The first kappa shape index (κ1) is 21.9. The Bertz CT molecular complexity index is 913. The van der Waals surface area contributed by atoms with Gasteiger partial charge >= 0.3 is 0 Å². The van der Waals surface area contributed by atoms with Crippen LogP contribution in [0.4, 0.5) is 4.39 Å². The monoisotopic (exact) mass is 460 g/mol. The molecule has 0 bridgehead atoms. The van der Waals surface area contributed by atoms with Crippen LogP contribution in [0.1, 0.15) is 23.8 Å². The van der Waals surface area contributed by atoms with Crippen molar-refractivity contribution >= 4 is 17.2 Å². The molecule has 8 nitrogen and oxygen atoms in total. The first-order valence-electron chi connectivity index (χ1n) is 11.2. The number of piperidine rings is 1. The summed E-state index contributed by atoms with van der Waals surface area (Å²) < 4.78 is 18.8. The number of nitrogens with zero attached hydrogens (tertiary/aromatic N) is 2. The maximum Gasteiger partial charge on any atom is 0.235 e. The number of rotatable bonds is 5. The highest BCUT2D eigenvalue weighted by molar-refractivity contribution is 7.10. The minimum atomic E-state index is -0.451. The van der Waals surface area contributed by atoms with Crippen LogP contribution in [0.3, 0.4) is 0 Å². The lowest BCUT2D eigenvalue weighted by Crippen LogP contribution is -2.71. The van der Waals surface area contributed by atoms with E-state index in [2.05, 4.69) is 26.2 Å². The van der Waals surface area contributed by atoms with E-state index in [1.165, 1.54) is 23.5 Å². The number of carbonyl (C=O) groups excluding carboxylic acids is 1. The molecule has 4 atom stereocenters. The fraction of sp³-hybridized carbons (Fsp3) is 0.545. The summed E-state index contributed by atoms with van der Waals surface area (Å²) in [5, 5.41) is 16.6. The largest absolute Gasteiger partial charge is 0.379 e. The highest BCUT2D eigenvalue weighted by Gasteiger charge is 2.41. The molecule has 1 amide bonds. The fourth-order valence-corrected chi connectivity index (χ4v) is 5.51. The number of benzene rings is 1. The number of thiazole rings is 1. The van der Waals surface area contributed by atoms with E-state index in [0.717, 1.165) is 55.3 Å². The van der Waals surface area contributed by atoms with Crippen molar-refractivity contribution in [1.82, 2.24) is 31.2 Å². The van der Waals surface area contributed by atoms with Crippen LogP contribution in [0.5, 0.6) is 0 Å². The number of morpholine rings is 1. The molecule has 5 rings (SSSR count). The molecular formula is C22H29FN6O2S. The molecule has 10 heteroatoms. The highest BCUT2D eigenvalue weighted by atomic mass is 32.1. The predicted octanol–water partition coefficient (Wildman–Crippen LogP) is 1.04. The zero-order chi connectivity index (χ0) is 21.9. The van der Waals surface area contributed by atoms with E-state index in [-0.39, 0.29) is 30.2 Å². The summed E-state index contributed by atoms with van der Waals surface area (Å²) in [4.78, 5) is 20.3. The molecule has 4 heterocycles. The first-order valence-corrected chi connectivity index (χ1v) is 12.1. The Labute approximate surface area is 190 Å². The van der Waals surface area contributed by atoms with Crippen molar-refractivity contribution < 1.29 is 13.9 Å². The van der Waals surface area contributed by atoms with Crippen molar-refractivity contribution in [2.24, 2.45) is 0 Å². The third-order valence-corrected chi connectivity index (χ3v) is 7.21. The van der Waals surface area contributed by atoms with Gasteiger partial charge in [-0.2, -0.15) is 0 Å². The number of hydrogen-bond acceptors (Lipinski definition) is 8. The molecule has 32 heavy (non-hydrogen) atoms. The Kier molecular flexibility index (Phi) is 6.77. The Morgan fingerprint density at radius 2 is 2.03 bits per heavy atom. The van der Waals surface area contributed by atoms with Gasteiger partial charge in [-0.1, -0.05) is 0 Å². The average molecular weight is 461 g/mol. The smallest absolute Gasteiger partial charge is 0.235 e. The van der Waals surface area contributed by atoms with Crippen molar-refractivity contribution in [2.75, 3.05) is 39.4 Å². The topological polar surface area (TPSA) is 90.6 Å². The van der Waals surface area contributed by atoms with Crippen LogP contribution < -0.4 is 21.3 Å². The molecule has 2 aromatic rings. The minimum absolute atomic E-state index is 0.0403. The summed E-state index contributed by atoms with van der Waals surface area (Å²) in [6.45, 7) is 4.78.